The van der Waals surface area contributed by atoms with Crippen LogP contribution in [0, 0.1) is 0 Å². The monoisotopic (exact) mass is 279 g/mol. The minimum atomic E-state index is -0.184. The van der Waals surface area contributed by atoms with Crippen molar-refractivity contribution in [3.8, 4) is 0 Å². The molecule has 0 unspecified atom stereocenters. The number of rotatable bonds is 5. The van der Waals surface area contributed by atoms with Gasteiger partial charge in [0.1, 0.15) is 0 Å². The van der Waals surface area contributed by atoms with Crippen LogP contribution < -0.4 is 0 Å². The molecule has 0 aliphatic rings. The molecule has 1 aromatic carbocycles. The second kappa shape index (κ2) is 5.35. The normalized spacial score (nSPS) is 12.0. The van der Waals surface area contributed by atoms with Crippen LogP contribution in [0.3, 0.4) is 0 Å². The molecule has 4 heteroatoms. The Kier molecular flexibility index (Phi) is 3.97. The average molecular weight is 280 g/mol. The van der Waals surface area contributed by atoms with Crippen LogP contribution in [-0.4, -0.2) is 23.6 Å². The summed E-state index contributed by atoms with van der Waals surface area (Å²) in [6, 6.07) is 5.59. The van der Waals surface area contributed by atoms with Crippen molar-refractivity contribution in [1.82, 2.24) is 4.57 Å². The number of hydrogen-bond donors (Lipinski definition) is 0. The molecule has 1 heterocycles. The molecule has 1 aromatic heterocycles. The summed E-state index contributed by atoms with van der Waals surface area (Å²) in [5, 5.41) is 1.62. The van der Waals surface area contributed by atoms with Gasteiger partial charge in [-0.3, -0.25) is 4.79 Å². The highest BCUT2D eigenvalue weighted by atomic mass is 35.5. The van der Waals surface area contributed by atoms with E-state index in [1.165, 1.54) is 0 Å². The molecule has 0 fully saturated rings. The zero-order valence-corrected chi connectivity index (χ0v) is 12.2. The molecular weight excluding hydrogens is 262 g/mol. The van der Waals surface area contributed by atoms with E-state index in [1.807, 2.05) is 32.2 Å². The molecule has 2 aromatic rings. The van der Waals surface area contributed by atoms with Gasteiger partial charge < -0.3 is 9.30 Å². The Morgan fingerprint density at radius 2 is 2.16 bits per heavy atom. The maximum absolute atomic E-state index is 11.1. The molecule has 3 nitrogen and oxygen atoms in total. The predicted octanol–water partition coefficient (Wildman–Crippen LogP) is 3.92. The molecule has 0 radical (unpaired) electrons. The van der Waals surface area contributed by atoms with E-state index in [2.05, 4.69) is 4.57 Å². The lowest BCUT2D eigenvalue weighted by atomic mass is 10.1. The van der Waals surface area contributed by atoms with Crippen molar-refractivity contribution in [2.45, 2.75) is 32.4 Å². The molecule has 0 saturated carbocycles. The van der Waals surface area contributed by atoms with E-state index < -0.39 is 0 Å². The van der Waals surface area contributed by atoms with Gasteiger partial charge in [0.05, 0.1) is 11.1 Å². The van der Waals surface area contributed by atoms with E-state index in [1.54, 1.807) is 13.2 Å². The second-order valence-corrected chi connectivity index (χ2v) is 5.71. The van der Waals surface area contributed by atoms with E-state index >= 15 is 0 Å². The average Bonchev–Trinajstić information content (AvgIpc) is 2.74. The lowest BCUT2D eigenvalue weighted by Crippen LogP contribution is -2.24. The first kappa shape index (κ1) is 14.1. The van der Waals surface area contributed by atoms with Crippen LogP contribution in [0.5, 0.6) is 0 Å². The minimum absolute atomic E-state index is 0.184. The summed E-state index contributed by atoms with van der Waals surface area (Å²) in [6.45, 7) is 4.88. The van der Waals surface area contributed by atoms with Crippen molar-refractivity contribution in [3.63, 3.8) is 0 Å². The Hall–Kier alpha value is -1.32. The molecule has 0 atom stereocenters. The predicted molar refractivity (Wildman–Crippen MR) is 78.0 cm³/mol. The van der Waals surface area contributed by atoms with Crippen molar-refractivity contribution >= 4 is 28.8 Å². The lowest BCUT2D eigenvalue weighted by Gasteiger charge is -2.23. The first-order valence-corrected chi connectivity index (χ1v) is 6.63. The van der Waals surface area contributed by atoms with Crippen molar-refractivity contribution in [1.29, 1.82) is 0 Å². The third-order valence-electron chi connectivity index (χ3n) is 3.51. The number of aldehydes is 1. The molecule has 0 N–H and O–H groups in total. The number of aryl methyl sites for hydroxylation is 1. The van der Waals surface area contributed by atoms with E-state index in [9.17, 15) is 4.79 Å². The van der Waals surface area contributed by atoms with Crippen LogP contribution in [0.2, 0.25) is 5.02 Å². The van der Waals surface area contributed by atoms with Gasteiger partial charge in [0.15, 0.2) is 6.29 Å². The Balaban J connectivity index is 2.37. The molecule has 0 bridgehead atoms. The molecule has 0 amide bonds. The second-order valence-electron chi connectivity index (χ2n) is 5.27. The van der Waals surface area contributed by atoms with Crippen LogP contribution in [0.25, 0.3) is 10.9 Å². The molecule has 0 saturated heterocycles. The van der Waals surface area contributed by atoms with E-state index in [0.717, 1.165) is 30.2 Å². The van der Waals surface area contributed by atoms with Crippen molar-refractivity contribution in [2.24, 2.45) is 0 Å². The number of methoxy groups -OCH3 is 1. The summed E-state index contributed by atoms with van der Waals surface area (Å²) in [4.78, 5) is 11.1. The van der Waals surface area contributed by atoms with Gasteiger partial charge in [-0.05, 0) is 32.4 Å². The number of carbonyl (C=O) groups excluding carboxylic acids is 1. The van der Waals surface area contributed by atoms with E-state index in [-0.39, 0.29) is 5.60 Å². The Bertz CT molecular complexity index is 601. The van der Waals surface area contributed by atoms with Gasteiger partial charge in [0, 0.05) is 35.8 Å². The zero-order valence-electron chi connectivity index (χ0n) is 11.4. The number of halogens is 1. The summed E-state index contributed by atoms with van der Waals surface area (Å²) in [5.74, 6) is 0. The van der Waals surface area contributed by atoms with Crippen molar-refractivity contribution in [3.05, 3.63) is 35.0 Å². The maximum Gasteiger partial charge on any atom is 0.152 e. The summed E-state index contributed by atoms with van der Waals surface area (Å²) in [7, 11) is 1.71. The van der Waals surface area contributed by atoms with Crippen molar-refractivity contribution in [2.75, 3.05) is 7.11 Å². The molecule has 19 heavy (non-hydrogen) atoms. The van der Waals surface area contributed by atoms with Crippen LogP contribution in [0.15, 0.2) is 24.4 Å². The summed E-state index contributed by atoms with van der Waals surface area (Å²) in [6.07, 6.45) is 3.62. The molecule has 0 spiro atoms. The molecule has 0 aliphatic carbocycles. The topological polar surface area (TPSA) is 31.2 Å². The van der Waals surface area contributed by atoms with E-state index in [0.29, 0.717) is 10.6 Å². The third kappa shape index (κ3) is 2.99. The number of carbonyl (C=O) groups is 1. The highest BCUT2D eigenvalue weighted by molar-refractivity contribution is 6.31. The highest BCUT2D eigenvalue weighted by Crippen LogP contribution is 2.25. The van der Waals surface area contributed by atoms with Crippen LogP contribution in [-0.2, 0) is 11.3 Å². The molecule has 0 aliphatic heterocycles. The molecule has 102 valence electrons. The molecular formula is C15H18ClNO2. The summed E-state index contributed by atoms with van der Waals surface area (Å²) >= 11 is 6.03. The zero-order chi connectivity index (χ0) is 14.0. The standard InChI is InChI=1S/C15H18ClNO2/c1-15(2,19-3)6-7-17-9-11(10-18)13-5-4-12(16)8-14(13)17/h4-5,8-10H,6-7H2,1-3H3. The fraction of sp³-hybridized carbons (Fsp3) is 0.400. The van der Waals surface area contributed by atoms with Gasteiger partial charge in [-0.15, -0.1) is 0 Å². The Labute approximate surface area is 118 Å². The highest BCUT2D eigenvalue weighted by Gasteiger charge is 2.17. The molecule has 2 rings (SSSR count). The van der Waals surface area contributed by atoms with Crippen LogP contribution in [0.4, 0.5) is 0 Å². The van der Waals surface area contributed by atoms with Crippen molar-refractivity contribution < 1.29 is 9.53 Å². The SMILES string of the molecule is COC(C)(C)CCn1cc(C=O)c2ccc(Cl)cc21. The first-order chi connectivity index (χ1) is 8.96. The van der Waals surface area contributed by atoms with Gasteiger partial charge in [-0.25, -0.2) is 0 Å². The Morgan fingerprint density at radius 3 is 2.79 bits per heavy atom. The van der Waals surface area contributed by atoms with Gasteiger partial charge in [-0.2, -0.15) is 0 Å². The number of ether oxygens (including phenoxy) is 1. The van der Waals surface area contributed by atoms with Gasteiger partial charge in [0.2, 0.25) is 0 Å². The van der Waals surface area contributed by atoms with Crippen LogP contribution >= 0.6 is 11.6 Å². The Morgan fingerprint density at radius 1 is 1.42 bits per heavy atom. The number of nitrogens with zero attached hydrogens (tertiary/aromatic N) is 1. The largest absolute Gasteiger partial charge is 0.379 e. The smallest absolute Gasteiger partial charge is 0.152 e. The summed E-state index contributed by atoms with van der Waals surface area (Å²) in [5.41, 5.74) is 1.50. The van der Waals surface area contributed by atoms with E-state index in [4.69, 9.17) is 16.3 Å². The number of benzene rings is 1. The maximum atomic E-state index is 11.1. The van der Waals surface area contributed by atoms with Gasteiger partial charge in [0.25, 0.3) is 0 Å². The van der Waals surface area contributed by atoms with Crippen LogP contribution in [0.1, 0.15) is 30.6 Å². The third-order valence-corrected chi connectivity index (χ3v) is 3.74. The van der Waals surface area contributed by atoms with Gasteiger partial charge in [-0.1, -0.05) is 17.7 Å². The number of fused-ring (bicyclic) bond motifs is 1. The first-order valence-electron chi connectivity index (χ1n) is 6.25. The number of aromatic nitrogens is 1. The fourth-order valence-corrected chi connectivity index (χ4v) is 2.23. The van der Waals surface area contributed by atoms with Gasteiger partial charge >= 0.3 is 0 Å². The lowest BCUT2D eigenvalue weighted by molar-refractivity contribution is 0.0123. The fourth-order valence-electron chi connectivity index (χ4n) is 2.06. The summed E-state index contributed by atoms with van der Waals surface area (Å²) < 4.78 is 7.48. The quantitative estimate of drug-likeness (QED) is 0.777. The number of hydrogen-bond acceptors (Lipinski definition) is 2. The minimum Gasteiger partial charge on any atom is -0.379 e.